The average Bonchev–Trinajstić information content (AvgIpc) is 2.50. The van der Waals surface area contributed by atoms with E-state index in [-0.39, 0.29) is 17.8 Å². The maximum atomic E-state index is 13.6. The number of benzene rings is 1. The topological polar surface area (TPSA) is 27.7 Å². The van der Waals surface area contributed by atoms with Gasteiger partial charge in [-0.15, -0.1) is 0 Å². The molecule has 1 rings (SSSR count). The van der Waals surface area contributed by atoms with E-state index in [1.807, 2.05) is 27.7 Å². The lowest BCUT2D eigenvalue weighted by atomic mass is 10.0. The summed E-state index contributed by atoms with van der Waals surface area (Å²) in [7, 11) is 0.476. The molecule has 7 heteroatoms. The molecule has 0 aliphatic rings. The molecule has 0 radical (unpaired) electrons. The Balaban J connectivity index is 2.52. The fourth-order valence-corrected chi connectivity index (χ4v) is 3.05. The summed E-state index contributed by atoms with van der Waals surface area (Å²) >= 11 is 0. The standard InChI is InChI=1S/C18H29F3O3Si/c1-12(2)22-18(24-25,23-13(3)4)9-7-5-6-8-14-10-16(20)17(21)11-15(14)19/h10-13H,5-9H2,1-4,25H3. The zero-order chi connectivity index (χ0) is 19.0. The van der Waals surface area contributed by atoms with Crippen LogP contribution >= 0.6 is 0 Å². The Kier molecular flexibility index (Phi) is 9.13. The Hall–Kier alpha value is -0.893. The van der Waals surface area contributed by atoms with Crippen LogP contribution in [-0.4, -0.2) is 28.7 Å². The van der Waals surface area contributed by atoms with Crippen molar-refractivity contribution >= 4 is 10.5 Å². The van der Waals surface area contributed by atoms with E-state index in [2.05, 4.69) is 0 Å². The summed E-state index contributed by atoms with van der Waals surface area (Å²) in [5.41, 5.74) is 0.196. The van der Waals surface area contributed by atoms with E-state index in [4.69, 9.17) is 13.9 Å². The van der Waals surface area contributed by atoms with Crippen LogP contribution in [-0.2, 0) is 20.3 Å². The lowest BCUT2D eigenvalue weighted by Crippen LogP contribution is -2.42. The van der Waals surface area contributed by atoms with Crippen molar-refractivity contribution in [2.75, 3.05) is 0 Å². The first-order valence-corrected chi connectivity index (χ1v) is 9.55. The predicted octanol–water partition coefficient (Wildman–Crippen LogP) is 4.01. The van der Waals surface area contributed by atoms with Crippen molar-refractivity contribution in [2.45, 2.75) is 78.0 Å². The van der Waals surface area contributed by atoms with Gasteiger partial charge >= 0.3 is 0 Å². The second kappa shape index (κ2) is 10.3. The highest BCUT2D eigenvalue weighted by Gasteiger charge is 2.33. The Bertz CT molecular complexity index is 529. The molecule has 0 saturated heterocycles. The van der Waals surface area contributed by atoms with Gasteiger partial charge in [0.15, 0.2) is 22.1 Å². The second-order valence-electron chi connectivity index (χ2n) is 6.64. The summed E-state index contributed by atoms with van der Waals surface area (Å²) in [4.78, 5) is 0. The molecule has 0 N–H and O–H groups in total. The van der Waals surface area contributed by atoms with Crippen LogP contribution in [0.4, 0.5) is 13.2 Å². The smallest absolute Gasteiger partial charge is 0.273 e. The van der Waals surface area contributed by atoms with E-state index >= 15 is 0 Å². The van der Waals surface area contributed by atoms with Crippen LogP contribution < -0.4 is 0 Å². The molecule has 0 amide bonds. The van der Waals surface area contributed by atoms with Crippen LogP contribution in [0.5, 0.6) is 0 Å². The normalized spacial score (nSPS) is 12.5. The summed E-state index contributed by atoms with van der Waals surface area (Å²) in [5.74, 6) is -3.92. The lowest BCUT2D eigenvalue weighted by Gasteiger charge is -2.36. The minimum Gasteiger partial charge on any atom is -0.380 e. The molecule has 0 heterocycles. The van der Waals surface area contributed by atoms with Crippen molar-refractivity contribution in [1.29, 1.82) is 0 Å². The van der Waals surface area contributed by atoms with Crippen LogP contribution in [0.25, 0.3) is 0 Å². The van der Waals surface area contributed by atoms with E-state index in [9.17, 15) is 13.2 Å². The molecule has 0 spiro atoms. The molecular weight excluding hydrogens is 349 g/mol. The highest BCUT2D eigenvalue weighted by Crippen LogP contribution is 2.26. The van der Waals surface area contributed by atoms with Crippen molar-refractivity contribution < 1.29 is 27.1 Å². The number of hydrogen-bond donors (Lipinski definition) is 0. The average molecular weight is 379 g/mol. The zero-order valence-corrected chi connectivity index (χ0v) is 17.7. The molecule has 25 heavy (non-hydrogen) atoms. The fourth-order valence-electron chi connectivity index (χ4n) is 2.65. The van der Waals surface area contributed by atoms with Gasteiger partial charge in [-0.25, -0.2) is 13.2 Å². The van der Waals surface area contributed by atoms with E-state index in [1.54, 1.807) is 0 Å². The predicted molar refractivity (Wildman–Crippen MR) is 94.7 cm³/mol. The first-order valence-electron chi connectivity index (χ1n) is 8.73. The molecule has 0 aliphatic heterocycles. The number of hydrogen-bond acceptors (Lipinski definition) is 3. The Morgan fingerprint density at radius 2 is 1.44 bits per heavy atom. The molecule has 3 nitrogen and oxygen atoms in total. The molecule has 1 aromatic carbocycles. The van der Waals surface area contributed by atoms with Gasteiger partial charge in [0, 0.05) is 12.5 Å². The van der Waals surface area contributed by atoms with Gasteiger partial charge in [0.2, 0.25) is 0 Å². The maximum Gasteiger partial charge on any atom is 0.273 e. The first-order chi connectivity index (χ1) is 11.7. The van der Waals surface area contributed by atoms with E-state index in [1.165, 1.54) is 0 Å². The largest absolute Gasteiger partial charge is 0.380 e. The van der Waals surface area contributed by atoms with Gasteiger partial charge in [0.25, 0.3) is 5.97 Å². The summed E-state index contributed by atoms with van der Waals surface area (Å²) in [6, 6.07) is 1.53. The van der Waals surface area contributed by atoms with Crippen molar-refractivity contribution in [3.63, 3.8) is 0 Å². The zero-order valence-electron chi connectivity index (χ0n) is 15.7. The maximum absolute atomic E-state index is 13.6. The van der Waals surface area contributed by atoms with E-state index in [0.29, 0.717) is 35.8 Å². The molecule has 0 fully saturated rings. The monoisotopic (exact) mass is 378 g/mol. The van der Waals surface area contributed by atoms with Gasteiger partial charge in [-0.1, -0.05) is 6.42 Å². The molecule has 1 aromatic rings. The molecule has 144 valence electrons. The number of ether oxygens (including phenoxy) is 2. The number of unbranched alkanes of at least 4 members (excludes halogenated alkanes) is 2. The van der Waals surface area contributed by atoms with Crippen molar-refractivity contribution in [1.82, 2.24) is 0 Å². The van der Waals surface area contributed by atoms with Crippen molar-refractivity contribution in [2.24, 2.45) is 0 Å². The van der Waals surface area contributed by atoms with Crippen LogP contribution in [0.1, 0.15) is 58.9 Å². The van der Waals surface area contributed by atoms with E-state index < -0.39 is 23.4 Å². The number of aryl methyl sites for hydroxylation is 1. The van der Waals surface area contributed by atoms with E-state index in [0.717, 1.165) is 18.9 Å². The highest BCUT2D eigenvalue weighted by molar-refractivity contribution is 5.98. The minimum absolute atomic E-state index is 0.0380. The van der Waals surface area contributed by atoms with Crippen LogP contribution in [0.2, 0.25) is 0 Å². The van der Waals surface area contributed by atoms with Crippen LogP contribution in [0.15, 0.2) is 12.1 Å². The molecule has 0 aliphatic carbocycles. The Morgan fingerprint density at radius 1 is 0.880 bits per heavy atom. The Labute approximate surface area is 151 Å². The first kappa shape index (κ1) is 22.1. The Morgan fingerprint density at radius 3 is 1.96 bits per heavy atom. The fraction of sp³-hybridized carbons (Fsp3) is 0.667. The molecule has 0 unspecified atom stereocenters. The summed E-state index contributed by atoms with van der Waals surface area (Å²) < 4.78 is 57.0. The van der Waals surface area contributed by atoms with Gasteiger partial charge in [0.1, 0.15) is 5.82 Å². The second-order valence-corrected chi connectivity index (χ2v) is 7.05. The van der Waals surface area contributed by atoms with Gasteiger partial charge < -0.3 is 13.9 Å². The molecule has 0 atom stereocenters. The van der Waals surface area contributed by atoms with Crippen molar-refractivity contribution in [3.8, 4) is 0 Å². The van der Waals surface area contributed by atoms with Gasteiger partial charge in [-0.2, -0.15) is 0 Å². The third kappa shape index (κ3) is 7.48. The molecular formula is C18H29F3O3Si. The summed E-state index contributed by atoms with van der Waals surface area (Å²) in [5, 5.41) is 0. The molecule has 0 bridgehead atoms. The SMILES string of the molecule is CC(C)OC(CCCCCc1cc(F)c(F)cc1F)(O[SiH3])OC(C)C. The molecule has 0 aromatic heterocycles. The van der Waals surface area contributed by atoms with Crippen molar-refractivity contribution in [3.05, 3.63) is 35.1 Å². The third-order valence-corrected chi connectivity index (χ3v) is 4.28. The van der Waals surface area contributed by atoms with Crippen LogP contribution in [0, 0.1) is 17.5 Å². The summed E-state index contributed by atoms with van der Waals surface area (Å²) in [6.07, 6.45) is 3.03. The lowest BCUT2D eigenvalue weighted by molar-refractivity contribution is -0.369. The van der Waals surface area contributed by atoms with Gasteiger partial charge in [-0.3, -0.25) is 0 Å². The third-order valence-electron chi connectivity index (χ3n) is 3.66. The number of rotatable bonds is 11. The highest BCUT2D eigenvalue weighted by atomic mass is 28.2. The minimum atomic E-state index is -1.16. The van der Waals surface area contributed by atoms with Gasteiger partial charge in [-0.05, 0) is 58.6 Å². The summed E-state index contributed by atoms with van der Waals surface area (Å²) in [6.45, 7) is 7.69. The number of halogens is 3. The molecule has 0 saturated carbocycles. The van der Waals surface area contributed by atoms with Crippen LogP contribution in [0.3, 0.4) is 0 Å². The quantitative estimate of drug-likeness (QED) is 0.252. The van der Waals surface area contributed by atoms with Gasteiger partial charge in [0.05, 0.1) is 12.2 Å².